The molecule has 1 aromatic heterocycles. The predicted octanol–water partition coefficient (Wildman–Crippen LogP) is 4.10. The molecule has 3 rings (SSSR count). The van der Waals surface area contributed by atoms with Gasteiger partial charge in [0, 0.05) is 35.7 Å². The number of benzene rings is 1. The lowest BCUT2D eigenvalue weighted by atomic mass is 10.2. The van der Waals surface area contributed by atoms with Crippen molar-refractivity contribution in [3.63, 3.8) is 0 Å². The molecule has 0 spiro atoms. The number of likely N-dealkylation sites (N-methyl/N-ethyl adjacent to an activating group) is 1. The minimum Gasteiger partial charge on any atom is -0.376 e. The van der Waals surface area contributed by atoms with Crippen LogP contribution in [0.3, 0.4) is 0 Å². The predicted molar refractivity (Wildman–Crippen MR) is 93.1 cm³/mol. The third-order valence-corrected chi connectivity index (χ3v) is 5.04. The van der Waals surface area contributed by atoms with Gasteiger partial charge >= 0.3 is 0 Å². The molecule has 0 aliphatic carbocycles. The van der Waals surface area contributed by atoms with Crippen molar-refractivity contribution in [2.45, 2.75) is 25.9 Å². The van der Waals surface area contributed by atoms with Gasteiger partial charge in [-0.3, -0.25) is 4.79 Å². The van der Waals surface area contributed by atoms with Crippen LogP contribution in [0, 0.1) is 0 Å². The molecule has 0 radical (unpaired) electrons. The van der Waals surface area contributed by atoms with Crippen LogP contribution in [-0.2, 0) is 4.74 Å². The number of nitrogens with zero attached hydrogens (tertiary/aromatic N) is 2. The number of hydrogen-bond donors (Lipinski definition) is 0. The Morgan fingerprint density at radius 1 is 1.52 bits per heavy atom. The molecule has 2 heterocycles. The van der Waals surface area contributed by atoms with E-state index in [-0.39, 0.29) is 12.0 Å². The number of halogens is 1. The van der Waals surface area contributed by atoms with Crippen molar-refractivity contribution < 1.29 is 9.53 Å². The van der Waals surface area contributed by atoms with Crippen molar-refractivity contribution >= 4 is 28.8 Å². The molecule has 1 atom stereocenters. The fraction of sp³-hybridized carbons (Fsp3) is 0.412. The van der Waals surface area contributed by atoms with Crippen LogP contribution in [0.1, 0.15) is 30.3 Å². The van der Waals surface area contributed by atoms with E-state index < -0.39 is 0 Å². The highest BCUT2D eigenvalue weighted by molar-refractivity contribution is 7.13. The van der Waals surface area contributed by atoms with Gasteiger partial charge in [-0.05, 0) is 31.9 Å². The van der Waals surface area contributed by atoms with Gasteiger partial charge in [0.2, 0.25) is 0 Å². The third-order valence-electron chi connectivity index (χ3n) is 3.91. The summed E-state index contributed by atoms with van der Waals surface area (Å²) in [5.41, 5.74) is 1.42. The van der Waals surface area contributed by atoms with E-state index >= 15 is 0 Å². The zero-order valence-electron chi connectivity index (χ0n) is 13.0. The first-order valence-electron chi connectivity index (χ1n) is 7.79. The van der Waals surface area contributed by atoms with Crippen molar-refractivity contribution in [3.8, 4) is 10.6 Å². The molecule has 122 valence electrons. The van der Waals surface area contributed by atoms with E-state index in [9.17, 15) is 4.79 Å². The minimum atomic E-state index is -0.0347. The zero-order valence-corrected chi connectivity index (χ0v) is 14.6. The van der Waals surface area contributed by atoms with E-state index in [2.05, 4.69) is 4.98 Å². The van der Waals surface area contributed by atoms with Crippen LogP contribution in [-0.4, -0.2) is 41.6 Å². The van der Waals surface area contributed by atoms with Crippen molar-refractivity contribution in [3.05, 3.63) is 40.4 Å². The lowest BCUT2D eigenvalue weighted by molar-refractivity contribution is 0.0535. The average molecular weight is 351 g/mol. The summed E-state index contributed by atoms with van der Waals surface area (Å²) >= 11 is 7.48. The maximum Gasteiger partial charge on any atom is 0.273 e. The van der Waals surface area contributed by atoms with E-state index in [4.69, 9.17) is 16.3 Å². The summed E-state index contributed by atoms with van der Waals surface area (Å²) in [7, 11) is 0. The Hall–Kier alpha value is -1.43. The number of ether oxygens (including phenoxy) is 1. The Bertz CT molecular complexity index is 683. The molecule has 0 unspecified atom stereocenters. The van der Waals surface area contributed by atoms with Crippen LogP contribution < -0.4 is 0 Å². The van der Waals surface area contributed by atoms with Crippen LogP contribution in [0.4, 0.5) is 0 Å². The Labute approximate surface area is 145 Å². The van der Waals surface area contributed by atoms with Crippen LogP contribution in [0.5, 0.6) is 0 Å². The Kier molecular flexibility index (Phi) is 5.30. The van der Waals surface area contributed by atoms with E-state index in [0.29, 0.717) is 23.8 Å². The molecule has 23 heavy (non-hydrogen) atoms. The molecule has 1 aromatic carbocycles. The minimum absolute atomic E-state index is 0.0347. The standard InChI is InChI=1S/C17H19ClN2O2S/c1-2-20(10-14-7-4-8-22-14)17(21)15-11-23-16(19-15)12-5-3-6-13(18)9-12/h3,5-6,9,11,14H,2,4,7-8,10H2,1H3/t14-/m0/s1. The Balaban J connectivity index is 1.74. The van der Waals surface area contributed by atoms with Gasteiger partial charge < -0.3 is 9.64 Å². The van der Waals surface area contributed by atoms with E-state index in [1.165, 1.54) is 11.3 Å². The molecule has 1 saturated heterocycles. The molecule has 4 nitrogen and oxygen atoms in total. The topological polar surface area (TPSA) is 42.4 Å². The maximum absolute atomic E-state index is 12.7. The molecular formula is C17H19ClN2O2S. The first-order valence-corrected chi connectivity index (χ1v) is 9.05. The zero-order chi connectivity index (χ0) is 16.2. The van der Waals surface area contributed by atoms with Crippen LogP contribution in [0.2, 0.25) is 5.02 Å². The molecule has 1 aliphatic heterocycles. The molecule has 0 N–H and O–H groups in total. The SMILES string of the molecule is CCN(C[C@@H]1CCCO1)C(=O)c1csc(-c2cccc(Cl)c2)n1. The second-order valence-corrected chi connectivity index (χ2v) is 6.82. The van der Waals surface area contributed by atoms with Crippen LogP contribution in [0.25, 0.3) is 10.6 Å². The largest absolute Gasteiger partial charge is 0.376 e. The summed E-state index contributed by atoms with van der Waals surface area (Å²) < 4.78 is 5.63. The van der Waals surface area contributed by atoms with E-state index in [1.54, 1.807) is 0 Å². The lowest BCUT2D eigenvalue weighted by Crippen LogP contribution is -2.37. The first-order chi connectivity index (χ1) is 11.2. The van der Waals surface area contributed by atoms with Crippen LogP contribution in [0.15, 0.2) is 29.6 Å². The first kappa shape index (κ1) is 16.4. The van der Waals surface area contributed by atoms with Gasteiger partial charge in [0.15, 0.2) is 0 Å². The van der Waals surface area contributed by atoms with Gasteiger partial charge in [-0.1, -0.05) is 23.7 Å². The van der Waals surface area contributed by atoms with Crippen molar-refractivity contribution in [2.24, 2.45) is 0 Å². The van der Waals surface area contributed by atoms with Gasteiger partial charge in [-0.15, -0.1) is 11.3 Å². The number of carbonyl (C=O) groups excluding carboxylic acids is 1. The number of rotatable bonds is 5. The number of hydrogen-bond acceptors (Lipinski definition) is 4. The molecule has 1 amide bonds. The van der Waals surface area contributed by atoms with E-state index in [0.717, 1.165) is 30.0 Å². The fourth-order valence-electron chi connectivity index (χ4n) is 2.68. The molecule has 1 fully saturated rings. The second-order valence-electron chi connectivity index (χ2n) is 5.53. The van der Waals surface area contributed by atoms with Crippen molar-refractivity contribution in [1.82, 2.24) is 9.88 Å². The Morgan fingerprint density at radius 2 is 2.39 bits per heavy atom. The lowest BCUT2D eigenvalue weighted by Gasteiger charge is -2.23. The Morgan fingerprint density at radius 3 is 3.09 bits per heavy atom. The molecule has 0 bridgehead atoms. The van der Waals surface area contributed by atoms with Crippen molar-refractivity contribution in [1.29, 1.82) is 0 Å². The summed E-state index contributed by atoms with van der Waals surface area (Å²) in [6.07, 6.45) is 2.26. The fourth-order valence-corrected chi connectivity index (χ4v) is 3.66. The molecule has 1 aliphatic rings. The normalized spacial score (nSPS) is 17.4. The van der Waals surface area contributed by atoms with Gasteiger partial charge in [0.05, 0.1) is 6.10 Å². The summed E-state index contributed by atoms with van der Waals surface area (Å²) in [5.74, 6) is -0.0347. The monoisotopic (exact) mass is 350 g/mol. The number of aromatic nitrogens is 1. The average Bonchev–Trinajstić information content (AvgIpc) is 3.23. The highest BCUT2D eigenvalue weighted by Crippen LogP contribution is 2.26. The number of thiazole rings is 1. The summed E-state index contributed by atoms with van der Waals surface area (Å²) in [6, 6.07) is 7.52. The highest BCUT2D eigenvalue weighted by atomic mass is 35.5. The molecular weight excluding hydrogens is 332 g/mol. The van der Waals surface area contributed by atoms with E-state index in [1.807, 2.05) is 41.5 Å². The van der Waals surface area contributed by atoms with Gasteiger partial charge in [-0.25, -0.2) is 4.98 Å². The van der Waals surface area contributed by atoms with Gasteiger partial charge in [0.1, 0.15) is 10.7 Å². The maximum atomic E-state index is 12.7. The summed E-state index contributed by atoms with van der Waals surface area (Å²) in [5, 5.41) is 3.29. The molecule has 2 aromatic rings. The summed E-state index contributed by atoms with van der Waals surface area (Å²) in [4.78, 5) is 19.0. The quantitative estimate of drug-likeness (QED) is 0.815. The highest BCUT2D eigenvalue weighted by Gasteiger charge is 2.24. The van der Waals surface area contributed by atoms with Gasteiger partial charge in [-0.2, -0.15) is 0 Å². The third kappa shape index (κ3) is 3.91. The number of carbonyl (C=O) groups is 1. The van der Waals surface area contributed by atoms with Gasteiger partial charge in [0.25, 0.3) is 5.91 Å². The molecule has 6 heteroatoms. The van der Waals surface area contributed by atoms with Crippen molar-refractivity contribution in [2.75, 3.05) is 19.7 Å². The number of amides is 1. The summed E-state index contributed by atoms with van der Waals surface area (Å²) in [6.45, 7) is 4.07. The smallest absolute Gasteiger partial charge is 0.273 e. The second kappa shape index (κ2) is 7.43. The van der Waals surface area contributed by atoms with Crippen LogP contribution >= 0.6 is 22.9 Å². The molecule has 0 saturated carbocycles.